The van der Waals surface area contributed by atoms with Gasteiger partial charge in [-0.15, -0.1) is 13.2 Å². The molecule has 0 rings (SSSR count). The van der Waals surface area contributed by atoms with Crippen LogP contribution in [0.5, 0.6) is 0 Å². The van der Waals surface area contributed by atoms with Crippen LogP contribution in [0.2, 0.25) is 0 Å². The molecule has 0 aliphatic carbocycles. The van der Waals surface area contributed by atoms with Crippen molar-refractivity contribution in [1.82, 2.24) is 0 Å². The molecule has 0 radical (unpaired) electrons. The summed E-state index contributed by atoms with van der Waals surface area (Å²) in [7, 11) is -5.87. The third-order valence-corrected chi connectivity index (χ3v) is 4.34. The zero-order valence-electron chi connectivity index (χ0n) is 12.4. The van der Waals surface area contributed by atoms with Crippen molar-refractivity contribution >= 4 is 7.60 Å². The van der Waals surface area contributed by atoms with Crippen molar-refractivity contribution in [1.29, 1.82) is 0 Å². The first kappa shape index (κ1) is 24.0. The molecule has 2 unspecified atom stereocenters. The van der Waals surface area contributed by atoms with Crippen LogP contribution < -0.4 is 0 Å². The fourth-order valence-electron chi connectivity index (χ4n) is 1.48. The third kappa shape index (κ3) is 9.31. The molecule has 13 heteroatoms. The first-order valence-electron chi connectivity index (χ1n) is 6.42. The highest BCUT2D eigenvalue weighted by atomic mass is 31.2. The summed E-state index contributed by atoms with van der Waals surface area (Å²) in [6.45, 7) is 5.84. The van der Waals surface area contributed by atoms with E-state index in [9.17, 15) is 44.1 Å². The van der Waals surface area contributed by atoms with Crippen LogP contribution in [0.25, 0.3) is 0 Å². The Morgan fingerprint density at radius 3 is 1.32 bits per heavy atom. The first-order chi connectivity index (χ1) is 11.0. The van der Waals surface area contributed by atoms with Crippen LogP contribution in [0.3, 0.4) is 0 Å². The Balaban J connectivity index is 5.74. The molecule has 0 spiro atoms. The van der Waals surface area contributed by atoms with Gasteiger partial charge in [-0.25, -0.2) is 0 Å². The highest BCUT2D eigenvalue weighted by molar-refractivity contribution is 7.54. The average Bonchev–Trinajstić information content (AvgIpc) is 2.33. The lowest BCUT2D eigenvalue weighted by Crippen LogP contribution is -2.35. The lowest BCUT2D eigenvalue weighted by atomic mass is 10.2. The molecule has 2 atom stereocenters. The van der Waals surface area contributed by atoms with Gasteiger partial charge in [-0.3, -0.25) is 13.6 Å². The largest absolute Gasteiger partial charge is 0.415 e. The molecule has 0 N–H and O–H groups in total. The van der Waals surface area contributed by atoms with E-state index in [0.717, 1.165) is 0 Å². The second kappa shape index (κ2) is 8.59. The normalized spacial score (nSPS) is 18.3. The maximum atomic E-state index is 12.7. The summed E-state index contributed by atoms with van der Waals surface area (Å²) in [5.74, 6) is 0. The molecule has 0 heterocycles. The number of alkyl halides is 9. The van der Waals surface area contributed by atoms with Crippen LogP contribution in [0.1, 0.15) is 12.8 Å². The smallest absolute Gasteiger partial charge is 0.295 e. The van der Waals surface area contributed by atoms with Crippen molar-refractivity contribution in [3.8, 4) is 0 Å². The molecule has 148 valence electrons. The monoisotopic (exact) mass is 408 g/mol. The van der Waals surface area contributed by atoms with E-state index < -0.39 is 57.3 Å². The molecule has 0 aromatic heterocycles. The Labute approximate surface area is 137 Å². The third-order valence-electron chi connectivity index (χ3n) is 2.44. The van der Waals surface area contributed by atoms with E-state index in [1.54, 1.807) is 0 Å². The molecular weight excluding hydrogens is 394 g/mol. The topological polar surface area (TPSA) is 35.5 Å². The average molecular weight is 408 g/mol. The first-order valence-corrected chi connectivity index (χ1v) is 8.14. The minimum absolute atomic E-state index is 0.598. The molecule has 0 aromatic carbocycles. The minimum Gasteiger partial charge on any atom is -0.295 e. The Kier molecular flexibility index (Phi) is 8.25. The van der Waals surface area contributed by atoms with Crippen molar-refractivity contribution in [2.45, 2.75) is 43.6 Å². The summed E-state index contributed by atoms with van der Waals surface area (Å²) in [4.78, 5) is 0. The predicted molar refractivity (Wildman–Crippen MR) is 70.0 cm³/mol. The van der Waals surface area contributed by atoms with Gasteiger partial charge in [0.05, 0.1) is 0 Å². The second-order valence-corrected chi connectivity index (χ2v) is 6.66. The van der Waals surface area contributed by atoms with Crippen molar-refractivity contribution in [3.05, 3.63) is 25.3 Å². The van der Waals surface area contributed by atoms with E-state index >= 15 is 0 Å². The molecule has 0 aliphatic rings. The van der Waals surface area contributed by atoms with Crippen molar-refractivity contribution in [3.63, 3.8) is 0 Å². The summed E-state index contributed by atoms with van der Waals surface area (Å²) in [6, 6.07) is 0. The Hall–Kier alpha value is -1.00. The van der Waals surface area contributed by atoms with Gasteiger partial charge in [-0.05, 0) is 0 Å². The number of hydrogen-bond donors (Lipinski definition) is 0. The fourth-order valence-corrected chi connectivity index (χ4v) is 3.31. The van der Waals surface area contributed by atoms with Gasteiger partial charge < -0.3 is 0 Å². The predicted octanol–water partition coefficient (Wildman–Crippen LogP) is 5.79. The summed E-state index contributed by atoms with van der Waals surface area (Å²) in [5.41, 5.74) is 0. The van der Waals surface area contributed by atoms with Gasteiger partial charge in [0.1, 0.15) is 6.16 Å². The molecule has 0 bridgehead atoms. The van der Waals surface area contributed by atoms with Gasteiger partial charge in [0.2, 0.25) is 0 Å². The molecule has 0 aromatic rings. The summed E-state index contributed by atoms with van der Waals surface area (Å²) in [5, 5.41) is 0. The number of rotatable bonds is 9. The molecule has 0 aliphatic heterocycles. The fraction of sp³-hybridized carbons (Fsp3) is 0.667. The maximum absolute atomic E-state index is 12.7. The summed E-state index contributed by atoms with van der Waals surface area (Å²) >= 11 is 0. The van der Waals surface area contributed by atoms with Gasteiger partial charge in [0.25, 0.3) is 0 Å². The van der Waals surface area contributed by atoms with Crippen molar-refractivity contribution in [2.75, 3.05) is 6.16 Å². The maximum Gasteiger partial charge on any atom is 0.415 e. The molecule has 25 heavy (non-hydrogen) atoms. The quantitative estimate of drug-likeness (QED) is 0.275. The highest BCUT2D eigenvalue weighted by Gasteiger charge is 2.52. The zero-order chi connectivity index (χ0) is 20.1. The molecule has 0 saturated heterocycles. The molecule has 0 fully saturated rings. The van der Waals surface area contributed by atoms with Crippen LogP contribution in [0.15, 0.2) is 25.3 Å². The van der Waals surface area contributed by atoms with Gasteiger partial charge in [0, 0.05) is 12.8 Å². The Bertz CT molecular complexity index is 462. The minimum atomic E-state index is -5.87. The lowest BCUT2D eigenvalue weighted by molar-refractivity contribution is -0.211. The summed E-state index contributed by atoms with van der Waals surface area (Å²) < 4.78 is 134. The number of hydrogen-bond acceptors (Lipinski definition) is 3. The van der Waals surface area contributed by atoms with E-state index in [-0.39, 0.29) is 0 Å². The Morgan fingerprint density at radius 2 is 1.12 bits per heavy atom. The van der Waals surface area contributed by atoms with E-state index in [2.05, 4.69) is 22.2 Å². The van der Waals surface area contributed by atoms with Gasteiger partial charge in [-0.2, -0.15) is 39.5 Å². The van der Waals surface area contributed by atoms with Crippen LogP contribution in [0, 0.1) is 0 Å². The van der Waals surface area contributed by atoms with E-state index in [1.807, 2.05) is 0 Å². The van der Waals surface area contributed by atoms with Gasteiger partial charge in [0.15, 0.2) is 12.2 Å². The standard InChI is InChI=1S/C12H14F9O3P/c1-3-5-8(11(16,17)18)23-25(22,7-10(13,14)15)24-9(6-4-2)12(19,20)21/h3-4,8-9H,1-2,5-7H2. The van der Waals surface area contributed by atoms with Crippen molar-refractivity contribution in [2.24, 2.45) is 0 Å². The number of halogens is 9. The van der Waals surface area contributed by atoms with E-state index in [1.165, 1.54) is 0 Å². The molecule has 0 saturated carbocycles. The van der Waals surface area contributed by atoms with Crippen LogP contribution in [0.4, 0.5) is 39.5 Å². The molecule has 3 nitrogen and oxygen atoms in total. The van der Waals surface area contributed by atoms with Crippen LogP contribution in [-0.4, -0.2) is 36.9 Å². The van der Waals surface area contributed by atoms with Crippen LogP contribution >= 0.6 is 7.60 Å². The van der Waals surface area contributed by atoms with Gasteiger partial charge >= 0.3 is 26.1 Å². The lowest BCUT2D eigenvalue weighted by Gasteiger charge is -2.29. The summed E-state index contributed by atoms with van der Waals surface area (Å²) in [6.07, 6.45) is -25.8. The SMILES string of the molecule is C=CCC(OP(=O)(CC(F)(F)F)OC(CC=C)C(F)(F)F)C(F)(F)F. The molecule has 0 amide bonds. The van der Waals surface area contributed by atoms with E-state index in [4.69, 9.17) is 0 Å². The van der Waals surface area contributed by atoms with Gasteiger partial charge in [-0.1, -0.05) is 12.2 Å². The second-order valence-electron chi connectivity index (χ2n) is 4.70. The van der Waals surface area contributed by atoms with E-state index in [0.29, 0.717) is 12.2 Å². The zero-order valence-corrected chi connectivity index (χ0v) is 13.3. The van der Waals surface area contributed by atoms with Crippen LogP contribution in [-0.2, 0) is 13.6 Å². The van der Waals surface area contributed by atoms with Crippen molar-refractivity contribution < 1.29 is 53.1 Å². The highest BCUT2D eigenvalue weighted by Crippen LogP contribution is 2.57. The Morgan fingerprint density at radius 1 is 0.800 bits per heavy atom. The molecular formula is C12H14F9O3P.